The maximum absolute atomic E-state index is 12.4. The molecule has 0 saturated carbocycles. The molecule has 4 rings (SSSR count). The average Bonchev–Trinajstić information content (AvgIpc) is 2.81. The third-order valence-corrected chi connectivity index (χ3v) is 5.03. The van der Waals surface area contributed by atoms with Gasteiger partial charge in [0.15, 0.2) is 0 Å². The lowest BCUT2D eigenvalue weighted by molar-refractivity contribution is 0.0954. The van der Waals surface area contributed by atoms with Crippen LogP contribution in [0.2, 0.25) is 5.02 Å². The SMILES string of the molecule is O=C(N/N=C/c1c(O)ccc2ccccc12)c1ccc(NC(=O)c2cccc(Cl)c2)cc1. The summed E-state index contributed by atoms with van der Waals surface area (Å²) in [6, 6.07) is 24.0. The van der Waals surface area contributed by atoms with Gasteiger partial charge in [-0.05, 0) is 59.3 Å². The summed E-state index contributed by atoms with van der Waals surface area (Å²) < 4.78 is 0. The van der Waals surface area contributed by atoms with Crippen LogP contribution < -0.4 is 10.7 Å². The number of rotatable bonds is 5. The van der Waals surface area contributed by atoms with Gasteiger partial charge in [0, 0.05) is 27.4 Å². The van der Waals surface area contributed by atoms with Crippen LogP contribution in [0.5, 0.6) is 5.75 Å². The topological polar surface area (TPSA) is 90.8 Å². The van der Waals surface area contributed by atoms with Crippen molar-refractivity contribution in [2.45, 2.75) is 0 Å². The number of hydrogen-bond donors (Lipinski definition) is 3. The van der Waals surface area contributed by atoms with Gasteiger partial charge in [0.1, 0.15) is 5.75 Å². The van der Waals surface area contributed by atoms with E-state index in [-0.39, 0.29) is 11.7 Å². The molecule has 0 fully saturated rings. The van der Waals surface area contributed by atoms with E-state index in [0.29, 0.717) is 27.4 Å². The molecule has 4 aromatic carbocycles. The molecule has 3 N–H and O–H groups in total. The van der Waals surface area contributed by atoms with Gasteiger partial charge in [0.05, 0.1) is 6.21 Å². The summed E-state index contributed by atoms with van der Waals surface area (Å²) in [5.41, 5.74) is 4.30. The second-order valence-electron chi connectivity index (χ2n) is 6.96. The fraction of sp³-hybridized carbons (Fsp3) is 0. The van der Waals surface area contributed by atoms with Gasteiger partial charge in [-0.2, -0.15) is 5.10 Å². The number of nitrogens with zero attached hydrogens (tertiary/aromatic N) is 1. The van der Waals surface area contributed by atoms with Crippen LogP contribution in [0.25, 0.3) is 10.8 Å². The molecule has 32 heavy (non-hydrogen) atoms. The molecule has 158 valence electrons. The van der Waals surface area contributed by atoms with E-state index in [1.807, 2.05) is 30.3 Å². The molecule has 0 aliphatic heterocycles. The number of amides is 2. The number of carbonyl (C=O) groups is 2. The minimum Gasteiger partial charge on any atom is -0.507 e. The molecule has 0 heterocycles. The van der Waals surface area contributed by atoms with E-state index in [4.69, 9.17) is 11.6 Å². The molecule has 0 aliphatic carbocycles. The minimum absolute atomic E-state index is 0.0708. The number of hydrogen-bond acceptors (Lipinski definition) is 4. The first kappa shape index (κ1) is 21.1. The van der Waals surface area contributed by atoms with Crippen molar-refractivity contribution in [3.63, 3.8) is 0 Å². The predicted octanol–water partition coefficient (Wildman–Crippen LogP) is 5.22. The van der Waals surface area contributed by atoms with Crippen molar-refractivity contribution in [2.75, 3.05) is 5.32 Å². The second kappa shape index (κ2) is 9.32. The van der Waals surface area contributed by atoms with Crippen LogP contribution in [0, 0.1) is 0 Å². The highest BCUT2D eigenvalue weighted by atomic mass is 35.5. The summed E-state index contributed by atoms with van der Waals surface area (Å²) in [5.74, 6) is -0.653. The van der Waals surface area contributed by atoms with Gasteiger partial charge >= 0.3 is 0 Å². The van der Waals surface area contributed by atoms with Crippen LogP contribution in [-0.2, 0) is 0 Å². The number of benzene rings is 4. The number of hydrazone groups is 1. The van der Waals surface area contributed by atoms with Crippen molar-refractivity contribution in [3.8, 4) is 5.75 Å². The van der Waals surface area contributed by atoms with Crippen molar-refractivity contribution in [2.24, 2.45) is 5.10 Å². The normalized spacial score (nSPS) is 10.9. The molecule has 0 radical (unpaired) electrons. The van der Waals surface area contributed by atoms with Crippen LogP contribution >= 0.6 is 11.6 Å². The number of aromatic hydroxyl groups is 1. The molecule has 0 saturated heterocycles. The van der Waals surface area contributed by atoms with Crippen LogP contribution in [0.1, 0.15) is 26.3 Å². The first-order chi connectivity index (χ1) is 15.5. The first-order valence-electron chi connectivity index (χ1n) is 9.72. The number of nitrogens with one attached hydrogen (secondary N) is 2. The molecule has 0 aliphatic rings. The monoisotopic (exact) mass is 443 g/mol. The Morgan fingerprint density at radius 3 is 2.41 bits per heavy atom. The van der Waals surface area contributed by atoms with Gasteiger partial charge < -0.3 is 10.4 Å². The molecule has 0 bridgehead atoms. The predicted molar refractivity (Wildman–Crippen MR) is 127 cm³/mol. The number of halogens is 1. The minimum atomic E-state index is -0.423. The largest absolute Gasteiger partial charge is 0.507 e. The molecular weight excluding hydrogens is 426 g/mol. The second-order valence-corrected chi connectivity index (χ2v) is 7.40. The van der Waals surface area contributed by atoms with Gasteiger partial charge in [0.25, 0.3) is 11.8 Å². The lowest BCUT2D eigenvalue weighted by Gasteiger charge is -2.07. The van der Waals surface area contributed by atoms with Crippen molar-refractivity contribution in [1.29, 1.82) is 0 Å². The van der Waals surface area contributed by atoms with Crippen molar-refractivity contribution in [3.05, 3.63) is 107 Å². The Labute approximate surface area is 189 Å². The van der Waals surface area contributed by atoms with Gasteiger partial charge in [0.2, 0.25) is 0 Å². The van der Waals surface area contributed by atoms with E-state index in [2.05, 4.69) is 15.8 Å². The van der Waals surface area contributed by atoms with E-state index in [9.17, 15) is 14.7 Å². The number of carbonyl (C=O) groups excluding carboxylic acids is 2. The van der Waals surface area contributed by atoms with Crippen molar-refractivity contribution < 1.29 is 14.7 Å². The highest BCUT2D eigenvalue weighted by molar-refractivity contribution is 6.31. The van der Waals surface area contributed by atoms with Crippen LogP contribution in [0.4, 0.5) is 5.69 Å². The summed E-state index contributed by atoms with van der Waals surface area (Å²) in [4.78, 5) is 24.7. The lowest BCUT2D eigenvalue weighted by Crippen LogP contribution is -2.18. The third kappa shape index (κ3) is 4.77. The zero-order chi connectivity index (χ0) is 22.5. The molecule has 4 aromatic rings. The Morgan fingerprint density at radius 2 is 1.62 bits per heavy atom. The third-order valence-electron chi connectivity index (χ3n) is 4.80. The molecule has 7 heteroatoms. The molecule has 0 aromatic heterocycles. The number of anilines is 1. The Morgan fingerprint density at radius 1 is 0.844 bits per heavy atom. The van der Waals surface area contributed by atoms with Crippen molar-refractivity contribution in [1.82, 2.24) is 5.43 Å². The standard InChI is InChI=1S/C25H18ClN3O3/c26-19-6-3-5-18(14-19)24(31)28-20-11-8-17(9-12-20)25(32)29-27-15-22-21-7-2-1-4-16(21)10-13-23(22)30/h1-15,30H,(H,28,31)(H,29,32)/b27-15+. The van der Waals surface area contributed by atoms with Gasteiger partial charge in [-0.15, -0.1) is 0 Å². The summed E-state index contributed by atoms with van der Waals surface area (Å²) in [6.45, 7) is 0. The fourth-order valence-electron chi connectivity index (χ4n) is 3.18. The molecule has 0 unspecified atom stereocenters. The van der Waals surface area contributed by atoms with E-state index in [1.54, 1.807) is 54.6 Å². The molecule has 2 amide bonds. The molecule has 0 atom stereocenters. The van der Waals surface area contributed by atoms with E-state index >= 15 is 0 Å². The summed E-state index contributed by atoms with van der Waals surface area (Å²) in [7, 11) is 0. The number of phenols is 1. The van der Waals surface area contributed by atoms with Gasteiger partial charge in [-0.3, -0.25) is 9.59 Å². The van der Waals surface area contributed by atoms with E-state index < -0.39 is 5.91 Å². The number of fused-ring (bicyclic) bond motifs is 1. The Balaban J connectivity index is 1.41. The number of phenolic OH excluding ortho intramolecular Hbond substituents is 1. The zero-order valence-electron chi connectivity index (χ0n) is 16.7. The van der Waals surface area contributed by atoms with E-state index in [1.165, 1.54) is 6.21 Å². The Bertz CT molecular complexity index is 1330. The van der Waals surface area contributed by atoms with E-state index in [0.717, 1.165) is 10.8 Å². The maximum Gasteiger partial charge on any atom is 0.271 e. The smallest absolute Gasteiger partial charge is 0.271 e. The summed E-state index contributed by atoms with van der Waals surface area (Å²) in [6.07, 6.45) is 1.41. The Kier molecular flexibility index (Phi) is 6.14. The lowest BCUT2D eigenvalue weighted by atomic mass is 10.0. The van der Waals surface area contributed by atoms with Crippen LogP contribution in [0.3, 0.4) is 0 Å². The quantitative estimate of drug-likeness (QED) is 0.292. The molecule has 0 spiro atoms. The fourth-order valence-corrected chi connectivity index (χ4v) is 3.37. The average molecular weight is 444 g/mol. The summed E-state index contributed by atoms with van der Waals surface area (Å²) >= 11 is 5.92. The maximum atomic E-state index is 12.4. The van der Waals surface area contributed by atoms with Crippen LogP contribution in [0.15, 0.2) is 90.0 Å². The molecule has 6 nitrogen and oxygen atoms in total. The highest BCUT2D eigenvalue weighted by Crippen LogP contribution is 2.25. The zero-order valence-corrected chi connectivity index (χ0v) is 17.5. The van der Waals surface area contributed by atoms with Gasteiger partial charge in [-0.25, -0.2) is 5.43 Å². The molecular formula is C25H18ClN3O3. The Hall–Kier alpha value is -4.16. The summed E-state index contributed by atoms with van der Waals surface area (Å²) in [5, 5.41) is 19.1. The highest BCUT2D eigenvalue weighted by Gasteiger charge is 2.09. The van der Waals surface area contributed by atoms with Crippen LogP contribution in [-0.4, -0.2) is 23.1 Å². The van der Waals surface area contributed by atoms with Crippen molar-refractivity contribution >= 4 is 46.1 Å². The van der Waals surface area contributed by atoms with Gasteiger partial charge in [-0.1, -0.05) is 48.0 Å². The first-order valence-corrected chi connectivity index (χ1v) is 10.1.